The maximum absolute atomic E-state index is 14.1. The molecule has 50 heteroatoms. The van der Waals surface area contributed by atoms with E-state index in [2.05, 4.69) is 95.7 Å². The summed E-state index contributed by atoms with van der Waals surface area (Å²) in [7, 11) is 0. The number of thioether (sulfide) groups is 1. The SMILES string of the molecule is CSCC[C@H](NC(=O)[C@@H](NC(=O)[C@H](CC(C)C)NC(=O)[C@H](C)N)C(C)C)C(=O)N[C@H](C(=O)N[C@@H](CCC(N)=O)C(=O)N[C@H](C(=O)N[C@@H](C)C(=O)N[C@@H](CO)C(=O)N1CCC[C@H]1C(=O)N[C@H](C(=O)N[C@@H](CO)C(=O)N[C@@H](C)C(=O)N[C@@H](C)C(=O)N[C@H](C(=O)NCC(=O)NCC(=O)N[C@H](C(=O)N[C@H](C(=O)N[C@H](C(=O)O)[C@@H](C)O)C(C)C)[C@@H](C)O)C(C)C)C(C)C)[C@@H](C)O)[C@@H](C)O. The number of amides is 20. The minimum absolute atomic E-state index is 0.0179. The fourth-order valence-corrected chi connectivity index (χ4v) is 12.9. The number of primary amides is 1. The third-order valence-corrected chi connectivity index (χ3v) is 20.8. The van der Waals surface area contributed by atoms with E-state index in [1.54, 1.807) is 20.1 Å². The number of likely N-dealkylation sites (tertiary alicyclic amines) is 1. The number of carboxylic acid groups (broad SMARTS) is 1. The lowest BCUT2D eigenvalue weighted by molar-refractivity contribution is -0.145. The Morgan fingerprint density at radius 1 is 0.364 bits per heavy atom. The number of rotatable bonds is 56. The summed E-state index contributed by atoms with van der Waals surface area (Å²) in [5.41, 5.74) is 11.1. The Bertz CT molecular complexity index is 3890. The molecule has 1 saturated heterocycles. The molecule has 129 heavy (non-hydrogen) atoms. The van der Waals surface area contributed by atoms with E-state index in [0.29, 0.717) is 0 Å². The third kappa shape index (κ3) is 39.4. The summed E-state index contributed by atoms with van der Waals surface area (Å²) < 4.78 is 0. The van der Waals surface area contributed by atoms with Crippen LogP contribution in [0, 0.1) is 29.6 Å². The van der Waals surface area contributed by atoms with Crippen LogP contribution in [0.3, 0.4) is 0 Å². The first kappa shape index (κ1) is 116. The number of carboxylic acids is 1. The molecule has 1 rings (SSSR count). The number of hydrogen-bond donors (Lipinski definition) is 27. The van der Waals surface area contributed by atoms with Gasteiger partial charge in [-0.2, -0.15) is 11.8 Å². The van der Waals surface area contributed by atoms with E-state index in [-0.39, 0.29) is 43.9 Å². The standard InChI is InChI=1S/C79H137N21O28S/c1-32(2)27-47(89-62(110)37(11)80)68(116)94-55(34(5)6)72(120)88-46(24-26-129-19)67(115)98-60(43(17)105)76(124)87-45(22-23-51(81)107)66(114)97-59(42(16)104)75(123)86-39(13)64(112)91-49(31-102)78(126)100-25-20-21-50(100)70(118)95-56(35(7)8)73(121)90-48(30-101)69(117)85-38(12)63(111)84-40(14)65(113)93-54(33(3)4)71(119)83-28-52(108)82-29-53(109)92-58(41(15)103)77(125)96-57(36(9)10)74(122)99-61(44(18)106)79(127)128/h32-50,54-61,101-106H,20-31,80H2,1-19H3,(H2,81,107)(H,82,108)(H,83,119)(H,84,111)(H,85,117)(H,86,123)(H,87,124)(H,88,120)(H,89,110)(H,90,121)(H,91,112)(H,92,109)(H,93,113)(H,94,116)(H,95,118)(H,96,125)(H,97,114)(H,98,115)(H,99,122)(H,127,128)/t37-,38-,39-,40-,41+,42+,43+,44+,45-,46-,47-,48-,49-,50-,54-,55-,56-,57-,58-,59-,60-,61-/m0/s1. The number of aliphatic carboxylic acids is 1. The lowest BCUT2D eigenvalue weighted by atomic mass is 9.99. The van der Waals surface area contributed by atoms with E-state index in [1.165, 1.54) is 74.1 Å². The lowest BCUT2D eigenvalue weighted by Crippen LogP contribution is -2.63. The monoisotopic (exact) mass is 1860 g/mol. The van der Waals surface area contributed by atoms with Crippen LogP contribution in [-0.2, 0) is 101 Å². The van der Waals surface area contributed by atoms with Gasteiger partial charge in [-0.25, -0.2) is 4.79 Å². The maximum atomic E-state index is 14.1. The molecule has 0 bridgehead atoms. The fraction of sp³-hybridized carbons (Fsp3) is 0.734. The van der Waals surface area contributed by atoms with Gasteiger partial charge < -0.3 is 148 Å². The second-order valence-electron chi connectivity index (χ2n) is 33.5. The van der Waals surface area contributed by atoms with Gasteiger partial charge >= 0.3 is 5.97 Å². The van der Waals surface area contributed by atoms with Gasteiger partial charge in [-0.1, -0.05) is 69.2 Å². The van der Waals surface area contributed by atoms with E-state index in [9.17, 15) is 136 Å². The zero-order chi connectivity index (χ0) is 99.2. The van der Waals surface area contributed by atoms with Crippen molar-refractivity contribution in [1.29, 1.82) is 0 Å². The average molecular weight is 1860 g/mol. The molecule has 1 aliphatic rings. The molecule has 1 heterocycles. The first-order valence-electron chi connectivity index (χ1n) is 42.3. The molecular weight excluding hydrogens is 1720 g/mol. The highest BCUT2D eigenvalue weighted by Crippen LogP contribution is 2.21. The number of aliphatic hydroxyl groups is 6. The zero-order valence-corrected chi connectivity index (χ0v) is 77.1. The van der Waals surface area contributed by atoms with E-state index >= 15 is 0 Å². The van der Waals surface area contributed by atoms with Crippen LogP contribution in [0.4, 0.5) is 0 Å². The molecule has 0 saturated carbocycles. The van der Waals surface area contributed by atoms with Crippen molar-refractivity contribution in [2.75, 3.05) is 44.9 Å². The minimum Gasteiger partial charge on any atom is -0.480 e. The first-order valence-corrected chi connectivity index (χ1v) is 43.7. The van der Waals surface area contributed by atoms with Gasteiger partial charge in [0.1, 0.15) is 96.7 Å². The van der Waals surface area contributed by atoms with Crippen molar-refractivity contribution in [2.24, 2.45) is 41.1 Å². The van der Waals surface area contributed by atoms with E-state index < -0.39 is 320 Å². The average Bonchev–Trinajstić information content (AvgIpc) is 1.28. The van der Waals surface area contributed by atoms with Gasteiger partial charge in [-0.05, 0) is 129 Å². The molecule has 732 valence electrons. The largest absolute Gasteiger partial charge is 0.480 e. The summed E-state index contributed by atoms with van der Waals surface area (Å²) >= 11 is 1.28. The van der Waals surface area contributed by atoms with Gasteiger partial charge in [-0.15, -0.1) is 0 Å². The van der Waals surface area contributed by atoms with Crippen LogP contribution in [0.2, 0.25) is 0 Å². The summed E-state index contributed by atoms with van der Waals surface area (Å²) in [5, 5.41) is 114. The Hall–Kier alpha value is -11.1. The molecule has 0 spiro atoms. The van der Waals surface area contributed by atoms with Gasteiger partial charge in [-0.3, -0.25) is 95.9 Å². The molecule has 0 radical (unpaired) electrons. The number of aliphatic hydroxyl groups excluding tert-OH is 6. The smallest absolute Gasteiger partial charge is 0.328 e. The summed E-state index contributed by atoms with van der Waals surface area (Å²) in [6.07, 6.45) is -5.78. The number of carbonyl (C=O) groups is 21. The highest BCUT2D eigenvalue weighted by molar-refractivity contribution is 7.98. The molecule has 1 aliphatic heterocycles. The van der Waals surface area contributed by atoms with Crippen LogP contribution in [-0.4, -0.2) is 343 Å². The van der Waals surface area contributed by atoms with Crippen LogP contribution < -0.4 is 107 Å². The molecule has 0 aromatic rings. The predicted octanol–water partition coefficient (Wildman–Crippen LogP) is -11.3. The summed E-state index contributed by atoms with van der Waals surface area (Å²) in [5.74, 6) is -24.0. The number of nitrogens with zero attached hydrogens (tertiary/aromatic N) is 1. The number of nitrogens with two attached hydrogens (primary N) is 2. The van der Waals surface area contributed by atoms with Crippen molar-refractivity contribution in [3.63, 3.8) is 0 Å². The van der Waals surface area contributed by atoms with Crippen molar-refractivity contribution in [2.45, 2.75) is 296 Å². The normalized spacial score (nSPS) is 17.4. The summed E-state index contributed by atoms with van der Waals surface area (Å²) in [4.78, 5) is 282. The maximum Gasteiger partial charge on any atom is 0.328 e. The highest BCUT2D eigenvalue weighted by atomic mass is 32.2. The molecule has 29 N–H and O–H groups in total. The summed E-state index contributed by atoms with van der Waals surface area (Å²) in [6, 6.07) is -27.5. The van der Waals surface area contributed by atoms with Crippen molar-refractivity contribution in [3.05, 3.63) is 0 Å². The zero-order valence-electron chi connectivity index (χ0n) is 76.3. The quantitative estimate of drug-likeness (QED) is 0.0269. The van der Waals surface area contributed by atoms with Gasteiger partial charge in [0.05, 0.1) is 56.8 Å². The molecule has 0 aliphatic carbocycles. The second-order valence-corrected chi connectivity index (χ2v) is 34.5. The molecule has 22 atom stereocenters. The molecule has 20 amide bonds. The van der Waals surface area contributed by atoms with Gasteiger partial charge in [0, 0.05) is 13.0 Å². The van der Waals surface area contributed by atoms with E-state index in [0.717, 1.165) is 39.5 Å². The van der Waals surface area contributed by atoms with Gasteiger partial charge in [0.15, 0.2) is 6.04 Å². The topological polar surface area (TPSA) is 772 Å². The van der Waals surface area contributed by atoms with Crippen LogP contribution in [0.15, 0.2) is 0 Å². The Morgan fingerprint density at radius 3 is 1.14 bits per heavy atom. The molecule has 0 aromatic carbocycles. The van der Waals surface area contributed by atoms with Crippen molar-refractivity contribution in [3.8, 4) is 0 Å². The predicted molar refractivity (Wildman–Crippen MR) is 461 cm³/mol. The van der Waals surface area contributed by atoms with Crippen LogP contribution in [0.5, 0.6) is 0 Å². The molecule has 49 nitrogen and oxygen atoms in total. The number of nitrogens with one attached hydrogen (secondary N) is 18. The Labute approximate surface area is 752 Å². The van der Waals surface area contributed by atoms with Crippen LogP contribution >= 0.6 is 11.8 Å². The number of carbonyl (C=O) groups excluding carboxylic acids is 20. The van der Waals surface area contributed by atoms with Gasteiger partial charge in [0.25, 0.3) is 0 Å². The van der Waals surface area contributed by atoms with Crippen molar-refractivity contribution >= 4 is 136 Å². The first-order chi connectivity index (χ1) is 59.9. The summed E-state index contributed by atoms with van der Waals surface area (Å²) in [6.45, 7) is 21.4. The Balaban J connectivity index is 3.13. The van der Waals surface area contributed by atoms with Crippen molar-refractivity contribution in [1.82, 2.24) is 101 Å². The Kier molecular flexibility index (Phi) is 50.7. The Morgan fingerprint density at radius 2 is 0.698 bits per heavy atom. The van der Waals surface area contributed by atoms with Crippen molar-refractivity contribution < 1.29 is 136 Å². The lowest BCUT2D eigenvalue weighted by Gasteiger charge is -2.31. The fourth-order valence-electron chi connectivity index (χ4n) is 12.4. The highest BCUT2D eigenvalue weighted by Gasteiger charge is 2.44. The van der Waals surface area contributed by atoms with E-state index in [4.69, 9.17) is 11.5 Å². The van der Waals surface area contributed by atoms with Crippen LogP contribution in [0.1, 0.15) is 163 Å². The molecule has 1 fully saturated rings. The second kappa shape index (κ2) is 56.4. The minimum atomic E-state index is -1.96. The number of hydrogen-bond acceptors (Lipinski definition) is 29. The molecule has 0 aromatic heterocycles. The molecule has 0 unspecified atom stereocenters. The van der Waals surface area contributed by atoms with Crippen LogP contribution in [0.25, 0.3) is 0 Å². The van der Waals surface area contributed by atoms with Gasteiger partial charge in [0.2, 0.25) is 118 Å². The third-order valence-electron chi connectivity index (χ3n) is 20.1. The van der Waals surface area contributed by atoms with E-state index in [1.807, 2.05) is 13.8 Å². The molecular formula is C79H137N21O28S.